The van der Waals surface area contributed by atoms with Gasteiger partial charge in [-0.05, 0) is 50.1 Å². The van der Waals surface area contributed by atoms with Gasteiger partial charge in [0, 0.05) is 6.54 Å². The summed E-state index contributed by atoms with van der Waals surface area (Å²) in [5.74, 6) is 0.856. The second-order valence-corrected chi connectivity index (χ2v) is 4.46. The smallest absolute Gasteiger partial charge is 0.127 e. The second-order valence-electron chi connectivity index (χ2n) is 4.46. The highest BCUT2D eigenvalue weighted by Crippen LogP contribution is 2.20. The van der Waals surface area contributed by atoms with E-state index < -0.39 is 6.10 Å². The summed E-state index contributed by atoms with van der Waals surface area (Å²) in [6.07, 6.45) is 0.368. The predicted octanol–water partition coefficient (Wildman–Crippen LogP) is 1.41. The van der Waals surface area contributed by atoms with Crippen molar-refractivity contribution in [3.63, 3.8) is 0 Å². The Morgan fingerprint density at radius 3 is 2.81 bits per heavy atom. The highest BCUT2D eigenvalue weighted by Gasteiger charge is 2.24. The molecule has 1 aliphatic rings. The number of aliphatic hydroxyl groups is 1. The van der Waals surface area contributed by atoms with E-state index in [-0.39, 0.29) is 6.10 Å². The van der Waals surface area contributed by atoms with E-state index in [1.165, 1.54) is 11.1 Å². The van der Waals surface area contributed by atoms with Crippen LogP contribution in [0.1, 0.15) is 17.5 Å². The first kappa shape index (κ1) is 11.4. The molecule has 88 valence electrons. The molecule has 0 bridgehead atoms. The van der Waals surface area contributed by atoms with Crippen molar-refractivity contribution in [2.24, 2.45) is 0 Å². The van der Waals surface area contributed by atoms with Gasteiger partial charge < -0.3 is 15.2 Å². The highest BCUT2D eigenvalue weighted by molar-refractivity contribution is 5.34. The second kappa shape index (κ2) is 4.85. The van der Waals surface area contributed by atoms with Crippen molar-refractivity contribution in [3.05, 3.63) is 29.3 Å². The zero-order valence-electron chi connectivity index (χ0n) is 9.86. The number of benzene rings is 1. The zero-order chi connectivity index (χ0) is 11.5. The van der Waals surface area contributed by atoms with Crippen LogP contribution >= 0.6 is 0 Å². The minimum absolute atomic E-state index is 0.0802. The maximum Gasteiger partial charge on any atom is 0.127 e. The number of rotatable bonds is 2. The lowest BCUT2D eigenvalue weighted by atomic mass is 10.1. The van der Waals surface area contributed by atoms with Crippen molar-refractivity contribution in [1.29, 1.82) is 0 Å². The summed E-state index contributed by atoms with van der Waals surface area (Å²) in [6.45, 7) is 5.68. The zero-order valence-corrected chi connectivity index (χ0v) is 9.86. The molecule has 0 aliphatic carbocycles. The van der Waals surface area contributed by atoms with Crippen molar-refractivity contribution >= 4 is 0 Å². The first-order valence-electron chi connectivity index (χ1n) is 5.79. The molecule has 0 unspecified atom stereocenters. The third-order valence-electron chi connectivity index (χ3n) is 3.15. The Hall–Kier alpha value is -1.06. The summed E-state index contributed by atoms with van der Waals surface area (Å²) in [7, 11) is 0. The Labute approximate surface area is 96.4 Å². The average molecular weight is 221 g/mol. The molecule has 3 heteroatoms. The van der Waals surface area contributed by atoms with Crippen molar-refractivity contribution in [1.82, 2.24) is 5.32 Å². The first-order chi connectivity index (χ1) is 7.66. The molecular weight excluding hydrogens is 202 g/mol. The maximum absolute atomic E-state index is 9.77. The molecule has 0 radical (unpaired) electrons. The number of hydrogen-bond acceptors (Lipinski definition) is 3. The number of nitrogens with one attached hydrogen (secondary N) is 1. The Morgan fingerprint density at radius 1 is 1.31 bits per heavy atom. The number of β-amino-alcohol motifs (C(OH)–C–C–N with tert-alkyl or cyclic N) is 1. The fourth-order valence-electron chi connectivity index (χ4n) is 1.92. The summed E-state index contributed by atoms with van der Waals surface area (Å²) in [5, 5.41) is 12.9. The van der Waals surface area contributed by atoms with Gasteiger partial charge in [0.2, 0.25) is 0 Å². The minimum atomic E-state index is -0.407. The van der Waals surface area contributed by atoms with Gasteiger partial charge in [-0.2, -0.15) is 0 Å². The normalized spacial score (nSPS) is 25.4. The Bertz CT molecular complexity index is 365. The van der Waals surface area contributed by atoms with Crippen LogP contribution < -0.4 is 10.1 Å². The molecule has 0 spiro atoms. The number of hydrogen-bond donors (Lipinski definition) is 2. The predicted molar refractivity (Wildman–Crippen MR) is 63.8 cm³/mol. The Balaban J connectivity index is 2.05. The van der Waals surface area contributed by atoms with Gasteiger partial charge in [-0.1, -0.05) is 6.07 Å². The molecule has 0 amide bonds. The van der Waals surface area contributed by atoms with Crippen LogP contribution in [0.3, 0.4) is 0 Å². The lowest BCUT2D eigenvalue weighted by Crippen LogP contribution is -2.46. The van der Waals surface area contributed by atoms with Gasteiger partial charge in [0.25, 0.3) is 0 Å². The van der Waals surface area contributed by atoms with Gasteiger partial charge in [-0.15, -0.1) is 0 Å². The third-order valence-corrected chi connectivity index (χ3v) is 3.15. The molecule has 2 atom stereocenters. The highest BCUT2D eigenvalue weighted by atomic mass is 16.5. The third kappa shape index (κ3) is 2.54. The number of aryl methyl sites for hydroxylation is 2. The van der Waals surface area contributed by atoms with E-state index in [9.17, 15) is 5.11 Å². The van der Waals surface area contributed by atoms with Crippen molar-refractivity contribution in [2.45, 2.75) is 32.5 Å². The van der Waals surface area contributed by atoms with Crippen LogP contribution in [0, 0.1) is 13.8 Å². The van der Waals surface area contributed by atoms with Crippen LogP contribution in [0.25, 0.3) is 0 Å². The van der Waals surface area contributed by atoms with Crippen molar-refractivity contribution in [3.8, 4) is 5.75 Å². The summed E-state index contributed by atoms with van der Waals surface area (Å²) in [6, 6.07) is 6.05. The van der Waals surface area contributed by atoms with E-state index in [2.05, 4.69) is 25.2 Å². The van der Waals surface area contributed by atoms with E-state index in [1.54, 1.807) is 0 Å². The fraction of sp³-hybridized carbons (Fsp3) is 0.538. The summed E-state index contributed by atoms with van der Waals surface area (Å²) in [5.41, 5.74) is 2.49. The quantitative estimate of drug-likeness (QED) is 0.793. The molecule has 1 fully saturated rings. The van der Waals surface area contributed by atoms with E-state index in [4.69, 9.17) is 4.74 Å². The number of ether oxygens (including phenoxy) is 1. The van der Waals surface area contributed by atoms with Gasteiger partial charge in [-0.3, -0.25) is 0 Å². The SMILES string of the molecule is Cc1ccc(O[C@@H]2CCNC[C@H]2O)cc1C. The molecule has 16 heavy (non-hydrogen) atoms. The largest absolute Gasteiger partial charge is 0.488 e. The average Bonchev–Trinajstić information content (AvgIpc) is 2.27. The lowest BCUT2D eigenvalue weighted by molar-refractivity contribution is 0.0162. The fourth-order valence-corrected chi connectivity index (χ4v) is 1.92. The maximum atomic E-state index is 9.77. The van der Waals surface area contributed by atoms with E-state index in [1.807, 2.05) is 12.1 Å². The van der Waals surface area contributed by atoms with Gasteiger partial charge in [0.05, 0.1) is 0 Å². The molecule has 0 aromatic heterocycles. The molecule has 3 nitrogen and oxygen atoms in total. The van der Waals surface area contributed by atoms with Crippen LogP contribution in [0.15, 0.2) is 18.2 Å². The molecule has 1 aliphatic heterocycles. The van der Waals surface area contributed by atoms with Gasteiger partial charge in [0.1, 0.15) is 18.0 Å². The molecular formula is C13H19NO2. The summed E-state index contributed by atoms with van der Waals surface area (Å²) < 4.78 is 5.81. The molecule has 1 saturated heterocycles. The molecule has 1 heterocycles. The number of piperidine rings is 1. The van der Waals surface area contributed by atoms with Crippen LogP contribution in [-0.2, 0) is 0 Å². The van der Waals surface area contributed by atoms with Gasteiger partial charge in [-0.25, -0.2) is 0 Å². The van der Waals surface area contributed by atoms with E-state index >= 15 is 0 Å². The van der Waals surface area contributed by atoms with Gasteiger partial charge >= 0.3 is 0 Å². The summed E-state index contributed by atoms with van der Waals surface area (Å²) >= 11 is 0. The van der Waals surface area contributed by atoms with Crippen LogP contribution in [0.5, 0.6) is 5.75 Å². The van der Waals surface area contributed by atoms with Crippen LogP contribution in [0.4, 0.5) is 0 Å². The number of aliphatic hydroxyl groups excluding tert-OH is 1. The topological polar surface area (TPSA) is 41.5 Å². The minimum Gasteiger partial charge on any atom is -0.488 e. The molecule has 2 N–H and O–H groups in total. The van der Waals surface area contributed by atoms with Crippen molar-refractivity contribution < 1.29 is 9.84 Å². The molecule has 1 aromatic rings. The summed E-state index contributed by atoms with van der Waals surface area (Å²) in [4.78, 5) is 0. The van der Waals surface area contributed by atoms with Crippen LogP contribution in [0.2, 0.25) is 0 Å². The molecule has 0 saturated carbocycles. The van der Waals surface area contributed by atoms with E-state index in [0.717, 1.165) is 18.7 Å². The molecule has 1 aromatic carbocycles. The lowest BCUT2D eigenvalue weighted by Gasteiger charge is -2.29. The first-order valence-corrected chi connectivity index (χ1v) is 5.79. The molecule has 2 rings (SSSR count). The van der Waals surface area contributed by atoms with E-state index in [0.29, 0.717) is 6.54 Å². The Morgan fingerprint density at radius 2 is 2.12 bits per heavy atom. The van der Waals surface area contributed by atoms with Crippen molar-refractivity contribution in [2.75, 3.05) is 13.1 Å². The van der Waals surface area contributed by atoms with Crippen LogP contribution in [-0.4, -0.2) is 30.4 Å². The monoisotopic (exact) mass is 221 g/mol. The Kier molecular flexibility index (Phi) is 3.46. The van der Waals surface area contributed by atoms with Gasteiger partial charge in [0.15, 0.2) is 0 Å². The standard InChI is InChI=1S/C13H19NO2/c1-9-3-4-11(7-10(9)2)16-13-5-6-14-8-12(13)15/h3-4,7,12-15H,5-6,8H2,1-2H3/t12-,13-/m1/s1.